The molecule has 0 saturated heterocycles. The number of benzene rings is 1. The Morgan fingerprint density at radius 1 is 1.45 bits per heavy atom. The number of ether oxygens (including phenoxy) is 1. The fraction of sp³-hybridized carbons (Fsp3) is 0.562. The van der Waals surface area contributed by atoms with E-state index in [1.54, 1.807) is 18.2 Å². The highest BCUT2D eigenvalue weighted by molar-refractivity contribution is 5.78. The molecule has 1 aromatic carbocycles. The van der Waals surface area contributed by atoms with E-state index in [0.717, 1.165) is 12.8 Å². The molecule has 1 aliphatic carbocycles. The maximum atomic E-state index is 12.0. The SMILES string of the molecule is CC1(C)CCCCC1NC(=O)COc1cccc(N)c1. The Morgan fingerprint density at radius 2 is 2.25 bits per heavy atom. The van der Waals surface area contributed by atoms with Gasteiger partial charge in [-0.15, -0.1) is 0 Å². The van der Waals surface area contributed by atoms with Gasteiger partial charge in [-0.1, -0.05) is 32.8 Å². The zero-order valence-corrected chi connectivity index (χ0v) is 12.3. The molecule has 1 fully saturated rings. The third-order valence-corrected chi connectivity index (χ3v) is 4.07. The van der Waals surface area contributed by atoms with Crippen molar-refractivity contribution < 1.29 is 9.53 Å². The van der Waals surface area contributed by atoms with Crippen LogP contribution in [0.4, 0.5) is 5.69 Å². The summed E-state index contributed by atoms with van der Waals surface area (Å²) in [5.74, 6) is 0.565. The van der Waals surface area contributed by atoms with E-state index in [0.29, 0.717) is 11.4 Å². The average molecular weight is 276 g/mol. The van der Waals surface area contributed by atoms with Crippen LogP contribution in [0.5, 0.6) is 5.75 Å². The number of carbonyl (C=O) groups is 1. The third kappa shape index (κ3) is 3.89. The summed E-state index contributed by atoms with van der Waals surface area (Å²) < 4.78 is 5.47. The quantitative estimate of drug-likeness (QED) is 0.831. The van der Waals surface area contributed by atoms with Crippen LogP contribution in [0.1, 0.15) is 39.5 Å². The number of rotatable bonds is 4. The normalized spacial score (nSPS) is 21.2. The van der Waals surface area contributed by atoms with Crippen LogP contribution in [0.2, 0.25) is 0 Å². The van der Waals surface area contributed by atoms with Crippen molar-refractivity contribution in [2.24, 2.45) is 5.41 Å². The molecule has 0 bridgehead atoms. The Balaban J connectivity index is 1.83. The van der Waals surface area contributed by atoms with Crippen molar-refractivity contribution in [3.8, 4) is 5.75 Å². The summed E-state index contributed by atoms with van der Waals surface area (Å²) in [7, 11) is 0. The van der Waals surface area contributed by atoms with Gasteiger partial charge in [0.1, 0.15) is 5.75 Å². The first-order valence-corrected chi connectivity index (χ1v) is 7.25. The number of hydrogen-bond donors (Lipinski definition) is 2. The van der Waals surface area contributed by atoms with Gasteiger partial charge in [-0.25, -0.2) is 0 Å². The molecular weight excluding hydrogens is 252 g/mol. The Morgan fingerprint density at radius 3 is 2.95 bits per heavy atom. The number of nitrogens with one attached hydrogen (secondary N) is 1. The smallest absolute Gasteiger partial charge is 0.258 e. The van der Waals surface area contributed by atoms with E-state index in [1.165, 1.54) is 12.8 Å². The molecule has 4 nitrogen and oxygen atoms in total. The molecule has 20 heavy (non-hydrogen) atoms. The van der Waals surface area contributed by atoms with E-state index in [9.17, 15) is 4.79 Å². The minimum atomic E-state index is -0.0626. The lowest BCUT2D eigenvalue weighted by Crippen LogP contribution is -2.48. The van der Waals surface area contributed by atoms with Crippen LogP contribution in [0.25, 0.3) is 0 Å². The molecule has 4 heteroatoms. The lowest BCUT2D eigenvalue weighted by atomic mass is 9.73. The summed E-state index contributed by atoms with van der Waals surface area (Å²) in [4.78, 5) is 12.0. The number of anilines is 1. The van der Waals surface area contributed by atoms with E-state index in [2.05, 4.69) is 19.2 Å². The lowest BCUT2D eigenvalue weighted by Gasteiger charge is -2.39. The van der Waals surface area contributed by atoms with E-state index in [1.807, 2.05) is 6.07 Å². The zero-order valence-electron chi connectivity index (χ0n) is 12.3. The minimum absolute atomic E-state index is 0.0377. The van der Waals surface area contributed by atoms with Crippen molar-refractivity contribution in [2.45, 2.75) is 45.6 Å². The highest BCUT2D eigenvalue weighted by Gasteiger charge is 2.33. The Hall–Kier alpha value is -1.71. The predicted molar refractivity (Wildman–Crippen MR) is 80.5 cm³/mol. The minimum Gasteiger partial charge on any atom is -0.484 e. The molecule has 1 aromatic rings. The van der Waals surface area contributed by atoms with Gasteiger partial charge in [-0.2, -0.15) is 0 Å². The van der Waals surface area contributed by atoms with Crippen LogP contribution in [0.3, 0.4) is 0 Å². The van der Waals surface area contributed by atoms with Crippen LogP contribution in [-0.4, -0.2) is 18.6 Å². The average Bonchev–Trinajstić information content (AvgIpc) is 2.39. The van der Waals surface area contributed by atoms with Crippen LogP contribution >= 0.6 is 0 Å². The molecule has 0 aromatic heterocycles. The number of nitrogens with two attached hydrogens (primary N) is 1. The molecule has 110 valence electrons. The number of carbonyl (C=O) groups excluding carboxylic acids is 1. The molecule has 1 unspecified atom stereocenters. The van der Waals surface area contributed by atoms with Gasteiger partial charge < -0.3 is 15.8 Å². The second kappa shape index (κ2) is 6.16. The van der Waals surface area contributed by atoms with E-state index >= 15 is 0 Å². The largest absolute Gasteiger partial charge is 0.484 e. The van der Waals surface area contributed by atoms with E-state index in [4.69, 9.17) is 10.5 Å². The van der Waals surface area contributed by atoms with Gasteiger partial charge in [0.2, 0.25) is 0 Å². The Bertz CT molecular complexity index is 471. The predicted octanol–water partition coefficient (Wildman–Crippen LogP) is 2.73. The fourth-order valence-electron chi connectivity index (χ4n) is 2.75. The summed E-state index contributed by atoms with van der Waals surface area (Å²) in [6, 6.07) is 7.37. The van der Waals surface area contributed by atoms with Gasteiger partial charge in [0, 0.05) is 17.8 Å². The highest BCUT2D eigenvalue weighted by atomic mass is 16.5. The lowest BCUT2D eigenvalue weighted by molar-refractivity contribution is -0.125. The topological polar surface area (TPSA) is 64.3 Å². The number of amides is 1. The van der Waals surface area contributed by atoms with Crippen LogP contribution in [0, 0.1) is 5.41 Å². The molecule has 1 amide bonds. The molecule has 0 spiro atoms. The van der Waals surface area contributed by atoms with Crippen molar-refractivity contribution in [1.29, 1.82) is 0 Å². The van der Waals surface area contributed by atoms with Gasteiger partial charge in [-0.3, -0.25) is 4.79 Å². The van der Waals surface area contributed by atoms with Crippen molar-refractivity contribution >= 4 is 11.6 Å². The maximum Gasteiger partial charge on any atom is 0.258 e. The first kappa shape index (κ1) is 14.7. The standard InChI is InChI=1S/C16H24N2O2/c1-16(2)9-4-3-8-14(16)18-15(19)11-20-13-7-5-6-12(17)10-13/h5-7,10,14H,3-4,8-9,11,17H2,1-2H3,(H,18,19). The van der Waals surface area contributed by atoms with Crippen LogP contribution in [-0.2, 0) is 4.79 Å². The third-order valence-electron chi connectivity index (χ3n) is 4.07. The molecule has 0 heterocycles. The molecule has 2 rings (SSSR count). The fourth-order valence-corrected chi connectivity index (χ4v) is 2.75. The summed E-state index contributed by atoms with van der Waals surface area (Å²) in [5, 5.41) is 3.10. The molecular formula is C16H24N2O2. The molecule has 0 radical (unpaired) electrons. The zero-order chi connectivity index (χ0) is 14.6. The first-order chi connectivity index (χ1) is 9.47. The summed E-state index contributed by atoms with van der Waals surface area (Å²) in [6.45, 7) is 4.47. The summed E-state index contributed by atoms with van der Waals surface area (Å²) in [6.07, 6.45) is 4.65. The monoisotopic (exact) mass is 276 g/mol. The summed E-state index contributed by atoms with van der Waals surface area (Å²) in [5.41, 5.74) is 6.48. The Labute approximate surface area is 120 Å². The van der Waals surface area contributed by atoms with E-state index in [-0.39, 0.29) is 24.0 Å². The molecule has 1 aliphatic rings. The van der Waals surface area contributed by atoms with Crippen LogP contribution in [0.15, 0.2) is 24.3 Å². The van der Waals surface area contributed by atoms with Gasteiger partial charge in [0.05, 0.1) is 0 Å². The second-order valence-electron chi connectivity index (χ2n) is 6.22. The van der Waals surface area contributed by atoms with Crippen molar-refractivity contribution in [3.63, 3.8) is 0 Å². The molecule has 0 aliphatic heterocycles. The number of hydrogen-bond acceptors (Lipinski definition) is 3. The van der Waals surface area contributed by atoms with Crippen LogP contribution < -0.4 is 15.8 Å². The first-order valence-electron chi connectivity index (χ1n) is 7.25. The van der Waals surface area contributed by atoms with E-state index < -0.39 is 0 Å². The van der Waals surface area contributed by atoms with Gasteiger partial charge in [0.15, 0.2) is 6.61 Å². The van der Waals surface area contributed by atoms with Gasteiger partial charge >= 0.3 is 0 Å². The molecule has 3 N–H and O–H groups in total. The van der Waals surface area contributed by atoms with Crippen molar-refractivity contribution in [2.75, 3.05) is 12.3 Å². The number of nitrogen functional groups attached to an aromatic ring is 1. The van der Waals surface area contributed by atoms with Gasteiger partial charge in [-0.05, 0) is 30.4 Å². The maximum absolute atomic E-state index is 12.0. The highest BCUT2D eigenvalue weighted by Crippen LogP contribution is 2.35. The van der Waals surface area contributed by atoms with Crippen molar-refractivity contribution in [1.82, 2.24) is 5.32 Å². The molecule has 1 saturated carbocycles. The molecule has 1 atom stereocenters. The van der Waals surface area contributed by atoms with Crippen molar-refractivity contribution in [3.05, 3.63) is 24.3 Å². The Kier molecular flexibility index (Phi) is 4.53. The van der Waals surface area contributed by atoms with Gasteiger partial charge in [0.25, 0.3) is 5.91 Å². The summed E-state index contributed by atoms with van der Waals surface area (Å²) >= 11 is 0. The second-order valence-corrected chi connectivity index (χ2v) is 6.22.